The molecule has 28 heavy (non-hydrogen) atoms. The Balaban J connectivity index is 1.94. The van der Waals surface area contributed by atoms with Gasteiger partial charge in [0.15, 0.2) is 0 Å². The highest BCUT2D eigenvalue weighted by Crippen LogP contribution is 2.18. The molecule has 0 aliphatic carbocycles. The Kier molecular flexibility index (Phi) is 6.03. The standard InChI is InChI=1S/C19H25N7OS/c1-5-20-17-22-18(21-6-2)25-11-15(28)26(24-19(25)23-17)16(27)14-9-7-13(8-10-14)12(3)4/h7-10,12H,5-6,11H2,1-4H3,(H2,20,21,22,23,24). The van der Waals surface area contributed by atoms with Crippen LogP contribution >= 0.6 is 12.2 Å². The number of hydrogen-bond donors (Lipinski definition) is 2. The predicted octanol–water partition coefficient (Wildman–Crippen LogP) is 2.56. The van der Waals surface area contributed by atoms with Gasteiger partial charge in [-0.25, -0.2) is 5.01 Å². The molecule has 9 heteroatoms. The summed E-state index contributed by atoms with van der Waals surface area (Å²) in [6, 6.07) is 7.59. The van der Waals surface area contributed by atoms with Crippen molar-refractivity contribution in [2.75, 3.05) is 23.8 Å². The number of rotatable bonds is 5. The van der Waals surface area contributed by atoms with Crippen molar-refractivity contribution in [2.45, 2.75) is 40.2 Å². The van der Waals surface area contributed by atoms with Crippen molar-refractivity contribution in [3.05, 3.63) is 41.0 Å². The second-order valence-corrected chi connectivity index (χ2v) is 7.16. The number of fused-ring (bicyclic) bond motifs is 1. The smallest absolute Gasteiger partial charge is 0.277 e. The Morgan fingerprint density at radius 1 is 1.29 bits per heavy atom. The van der Waals surface area contributed by atoms with Crippen molar-refractivity contribution in [3.8, 4) is 0 Å². The summed E-state index contributed by atoms with van der Waals surface area (Å²) in [5.41, 5.74) is 5.30. The van der Waals surface area contributed by atoms with E-state index < -0.39 is 0 Å². The van der Waals surface area contributed by atoms with E-state index in [9.17, 15) is 4.79 Å². The van der Waals surface area contributed by atoms with Gasteiger partial charge in [0, 0.05) is 18.7 Å². The number of hydrazine groups is 1. The molecule has 0 bridgehead atoms. The molecule has 0 radical (unpaired) electrons. The highest BCUT2D eigenvalue weighted by atomic mass is 32.1. The third-order valence-corrected chi connectivity index (χ3v) is 4.64. The summed E-state index contributed by atoms with van der Waals surface area (Å²) in [4.78, 5) is 26.7. The molecule has 0 spiro atoms. The Labute approximate surface area is 169 Å². The van der Waals surface area contributed by atoms with Gasteiger partial charge < -0.3 is 5.32 Å². The van der Waals surface area contributed by atoms with E-state index in [0.717, 1.165) is 0 Å². The molecule has 0 atom stereocenters. The third kappa shape index (κ3) is 4.04. The highest BCUT2D eigenvalue weighted by molar-refractivity contribution is 7.80. The number of benzene rings is 1. The Morgan fingerprint density at radius 2 is 2.00 bits per heavy atom. The van der Waals surface area contributed by atoms with Crippen molar-refractivity contribution in [1.82, 2.24) is 19.5 Å². The molecular weight excluding hydrogens is 374 g/mol. The second kappa shape index (κ2) is 8.47. The van der Waals surface area contributed by atoms with Crippen LogP contribution in [0.1, 0.15) is 49.5 Å². The summed E-state index contributed by atoms with van der Waals surface area (Å²) in [6.07, 6.45) is 0. The number of nitrogens with zero attached hydrogens (tertiary/aromatic N) is 5. The van der Waals surface area contributed by atoms with Gasteiger partial charge >= 0.3 is 0 Å². The number of carbonyl (C=O) groups excluding carboxylic acids is 1. The number of aromatic nitrogens is 3. The molecule has 148 valence electrons. The van der Waals surface area contributed by atoms with Crippen molar-refractivity contribution < 1.29 is 4.79 Å². The maximum absolute atomic E-state index is 13.0. The normalized spacial score (nSPS) is 14.1. The maximum atomic E-state index is 13.0. The SMILES string of the molecule is CCN=c1nc(NCC)nc2n1CC(=S)N(C(=O)c1ccc(C(C)C)cc1)N2. The summed E-state index contributed by atoms with van der Waals surface area (Å²) in [7, 11) is 0. The monoisotopic (exact) mass is 399 g/mol. The molecule has 1 aliphatic heterocycles. The van der Waals surface area contributed by atoms with Gasteiger partial charge in [0.2, 0.25) is 17.5 Å². The van der Waals surface area contributed by atoms with Crippen LogP contribution in [0.2, 0.25) is 0 Å². The predicted molar refractivity (Wildman–Crippen MR) is 113 cm³/mol. The summed E-state index contributed by atoms with van der Waals surface area (Å²) < 4.78 is 1.78. The minimum Gasteiger partial charge on any atom is -0.354 e. The first-order chi connectivity index (χ1) is 13.4. The quantitative estimate of drug-likeness (QED) is 0.752. The van der Waals surface area contributed by atoms with Gasteiger partial charge in [-0.3, -0.25) is 19.8 Å². The number of thiocarbonyl (C=S) groups is 1. The number of carbonyl (C=O) groups is 1. The van der Waals surface area contributed by atoms with Gasteiger partial charge in [-0.1, -0.05) is 38.2 Å². The van der Waals surface area contributed by atoms with Crippen LogP contribution in [-0.2, 0) is 6.54 Å². The summed E-state index contributed by atoms with van der Waals surface area (Å²) >= 11 is 5.48. The molecule has 1 aromatic carbocycles. The lowest BCUT2D eigenvalue weighted by atomic mass is 10.0. The molecule has 1 amide bonds. The van der Waals surface area contributed by atoms with Crippen LogP contribution in [0.4, 0.5) is 11.9 Å². The van der Waals surface area contributed by atoms with Gasteiger partial charge in [0.05, 0.1) is 6.54 Å². The van der Waals surface area contributed by atoms with Crippen molar-refractivity contribution in [2.24, 2.45) is 4.99 Å². The van der Waals surface area contributed by atoms with Gasteiger partial charge in [-0.2, -0.15) is 9.97 Å². The van der Waals surface area contributed by atoms with Crippen LogP contribution in [0, 0.1) is 0 Å². The van der Waals surface area contributed by atoms with E-state index in [1.54, 1.807) is 4.57 Å². The molecule has 1 aliphatic rings. The highest BCUT2D eigenvalue weighted by Gasteiger charge is 2.28. The molecule has 0 saturated carbocycles. The van der Waals surface area contributed by atoms with Crippen molar-refractivity contribution in [3.63, 3.8) is 0 Å². The van der Waals surface area contributed by atoms with E-state index in [1.807, 2.05) is 38.1 Å². The van der Waals surface area contributed by atoms with Crippen LogP contribution < -0.4 is 16.4 Å². The molecule has 0 saturated heterocycles. The summed E-state index contributed by atoms with van der Waals surface area (Å²) in [5, 5.41) is 4.46. The zero-order valence-electron chi connectivity index (χ0n) is 16.6. The lowest BCUT2D eigenvalue weighted by Crippen LogP contribution is -2.50. The molecule has 1 aromatic heterocycles. The first-order valence-electron chi connectivity index (χ1n) is 9.41. The number of hydrogen-bond acceptors (Lipinski definition) is 7. The molecule has 8 nitrogen and oxygen atoms in total. The zero-order valence-corrected chi connectivity index (χ0v) is 17.4. The fraction of sp³-hybridized carbons (Fsp3) is 0.421. The van der Waals surface area contributed by atoms with E-state index in [-0.39, 0.29) is 5.91 Å². The van der Waals surface area contributed by atoms with E-state index in [1.165, 1.54) is 10.6 Å². The fourth-order valence-corrected chi connectivity index (χ4v) is 3.10. The second-order valence-electron chi connectivity index (χ2n) is 6.68. The third-order valence-electron chi connectivity index (χ3n) is 4.33. The molecule has 2 heterocycles. The van der Waals surface area contributed by atoms with Crippen LogP contribution in [0.3, 0.4) is 0 Å². The average Bonchev–Trinajstić information content (AvgIpc) is 2.68. The topological polar surface area (TPSA) is 87.4 Å². The summed E-state index contributed by atoms with van der Waals surface area (Å²) in [6.45, 7) is 9.70. The van der Waals surface area contributed by atoms with E-state index >= 15 is 0 Å². The van der Waals surface area contributed by atoms with Crippen LogP contribution in [0.5, 0.6) is 0 Å². The van der Waals surface area contributed by atoms with Crippen molar-refractivity contribution in [1.29, 1.82) is 0 Å². The minimum atomic E-state index is -0.218. The van der Waals surface area contributed by atoms with Crippen LogP contribution in [0.15, 0.2) is 29.3 Å². The van der Waals surface area contributed by atoms with Gasteiger partial charge in [-0.05, 0) is 37.5 Å². The van der Waals surface area contributed by atoms with Crippen molar-refractivity contribution >= 4 is 35.0 Å². The number of anilines is 2. The Morgan fingerprint density at radius 3 is 2.61 bits per heavy atom. The Bertz CT molecular complexity index is 950. The molecule has 0 unspecified atom stereocenters. The molecule has 2 N–H and O–H groups in total. The molecule has 2 aromatic rings. The van der Waals surface area contributed by atoms with E-state index in [0.29, 0.717) is 53.6 Å². The number of nitrogens with one attached hydrogen (secondary N) is 2. The van der Waals surface area contributed by atoms with Crippen LogP contribution in [0.25, 0.3) is 0 Å². The largest absolute Gasteiger partial charge is 0.354 e. The molecular formula is C19H25N7OS. The average molecular weight is 400 g/mol. The minimum absolute atomic E-state index is 0.218. The van der Waals surface area contributed by atoms with E-state index in [2.05, 4.69) is 39.6 Å². The van der Waals surface area contributed by atoms with Crippen LogP contribution in [-0.4, -0.2) is 43.5 Å². The van der Waals surface area contributed by atoms with E-state index in [4.69, 9.17) is 12.2 Å². The lowest BCUT2D eigenvalue weighted by Gasteiger charge is -2.31. The fourth-order valence-electron chi connectivity index (χ4n) is 2.84. The first-order valence-corrected chi connectivity index (χ1v) is 9.82. The number of amides is 1. The van der Waals surface area contributed by atoms with Gasteiger partial charge in [0.1, 0.15) is 4.99 Å². The molecule has 0 fully saturated rings. The maximum Gasteiger partial charge on any atom is 0.277 e. The Hall–Kier alpha value is -2.81. The summed E-state index contributed by atoms with van der Waals surface area (Å²) in [5.74, 6) is 1.11. The first kappa shape index (κ1) is 19.9. The van der Waals surface area contributed by atoms with Gasteiger partial charge in [-0.15, -0.1) is 0 Å². The lowest BCUT2D eigenvalue weighted by molar-refractivity contribution is 0.0864. The molecule has 3 rings (SSSR count). The zero-order chi connectivity index (χ0) is 20.3. The van der Waals surface area contributed by atoms with Gasteiger partial charge in [0.25, 0.3) is 5.91 Å².